The van der Waals surface area contributed by atoms with Gasteiger partial charge in [-0.05, 0) is 39.0 Å². The number of rotatable bonds is 7. The van der Waals surface area contributed by atoms with E-state index in [2.05, 4.69) is 15.3 Å². The smallest absolute Gasteiger partial charge is 0.204 e. The largest absolute Gasteiger partial charge is 0.392 e. The molecule has 1 unspecified atom stereocenters. The fourth-order valence-corrected chi connectivity index (χ4v) is 4.26. The summed E-state index contributed by atoms with van der Waals surface area (Å²) in [6.45, 7) is 6.15. The van der Waals surface area contributed by atoms with Gasteiger partial charge in [0.1, 0.15) is 0 Å². The number of anilines is 1. The summed E-state index contributed by atoms with van der Waals surface area (Å²) in [5.41, 5.74) is 4.22. The number of hydrogen-bond acceptors (Lipinski definition) is 6. The lowest BCUT2D eigenvalue weighted by molar-refractivity contribution is 0.0973. The molecule has 3 aromatic heterocycles. The molecule has 0 aliphatic heterocycles. The average molecular weight is 410 g/mol. The van der Waals surface area contributed by atoms with E-state index in [-0.39, 0.29) is 12.3 Å². The molecule has 4 rings (SSSR count). The van der Waals surface area contributed by atoms with Gasteiger partial charge in [0.15, 0.2) is 10.9 Å². The van der Waals surface area contributed by atoms with Crippen LogP contribution in [0.25, 0.3) is 16.2 Å². The molecule has 150 valence electrons. The molecule has 8 heteroatoms. The van der Waals surface area contributed by atoms with E-state index in [4.69, 9.17) is 0 Å². The minimum absolute atomic E-state index is 0.00385. The van der Waals surface area contributed by atoms with Gasteiger partial charge in [-0.15, -0.1) is 11.3 Å². The Balaban J connectivity index is 1.69. The van der Waals surface area contributed by atoms with Crippen molar-refractivity contribution in [2.45, 2.75) is 33.4 Å². The SMILES string of the molecule is Cc1cc(C(=O)Cn2c(NCC(C)O)nc3ccccc32)c(C)n1-c1nccs1. The molecular formula is C21H23N5O2S. The number of para-hydroxylation sites is 2. The molecule has 0 fully saturated rings. The van der Waals surface area contributed by atoms with Crippen LogP contribution in [-0.4, -0.2) is 42.6 Å². The third-order valence-corrected chi connectivity index (χ3v) is 5.61. The predicted octanol–water partition coefficient (Wildman–Crippen LogP) is 3.58. The molecule has 3 heterocycles. The Kier molecular flexibility index (Phi) is 5.21. The van der Waals surface area contributed by atoms with E-state index in [0.717, 1.165) is 27.6 Å². The van der Waals surface area contributed by atoms with Crippen molar-refractivity contribution in [3.05, 3.63) is 58.9 Å². The minimum Gasteiger partial charge on any atom is -0.392 e. The van der Waals surface area contributed by atoms with Crippen molar-refractivity contribution in [2.24, 2.45) is 0 Å². The van der Waals surface area contributed by atoms with E-state index in [1.54, 1.807) is 24.5 Å². The Labute approximate surface area is 172 Å². The van der Waals surface area contributed by atoms with Crippen LogP contribution in [0.1, 0.15) is 28.7 Å². The van der Waals surface area contributed by atoms with Crippen LogP contribution in [0, 0.1) is 13.8 Å². The minimum atomic E-state index is -0.517. The number of thiazole rings is 1. The first kappa shape index (κ1) is 19.4. The molecule has 0 bridgehead atoms. The number of hydrogen-bond donors (Lipinski definition) is 2. The van der Waals surface area contributed by atoms with Gasteiger partial charge in [0.05, 0.1) is 23.7 Å². The van der Waals surface area contributed by atoms with E-state index in [1.165, 1.54) is 0 Å². The number of carbonyl (C=O) groups is 1. The maximum atomic E-state index is 13.2. The zero-order valence-corrected chi connectivity index (χ0v) is 17.4. The maximum Gasteiger partial charge on any atom is 0.204 e. The number of ketones is 1. The van der Waals surface area contributed by atoms with Crippen LogP contribution in [0.15, 0.2) is 41.9 Å². The van der Waals surface area contributed by atoms with Crippen LogP contribution in [0.3, 0.4) is 0 Å². The second-order valence-electron chi connectivity index (χ2n) is 7.10. The summed E-state index contributed by atoms with van der Waals surface area (Å²) >= 11 is 1.54. The normalized spacial score (nSPS) is 12.4. The summed E-state index contributed by atoms with van der Waals surface area (Å²) in [4.78, 5) is 22.2. The standard InChI is InChI=1S/C21H23N5O2S/c1-13-10-16(15(3)26(13)21-22-8-9-29-21)19(28)12-25-18-7-5-4-6-17(18)24-20(25)23-11-14(2)27/h4-10,14,27H,11-12H2,1-3H3,(H,23,24). The topological polar surface area (TPSA) is 85.0 Å². The number of aliphatic hydroxyl groups excluding tert-OH is 1. The maximum absolute atomic E-state index is 13.2. The lowest BCUT2D eigenvalue weighted by Gasteiger charge is -2.12. The molecule has 1 aromatic carbocycles. The Morgan fingerprint density at radius 1 is 1.31 bits per heavy atom. The first-order valence-electron chi connectivity index (χ1n) is 9.45. The van der Waals surface area contributed by atoms with Crippen molar-refractivity contribution in [3.63, 3.8) is 0 Å². The molecule has 0 radical (unpaired) electrons. The van der Waals surface area contributed by atoms with Crippen molar-refractivity contribution < 1.29 is 9.90 Å². The van der Waals surface area contributed by atoms with E-state index in [1.807, 2.05) is 58.7 Å². The van der Waals surface area contributed by atoms with Gasteiger partial charge in [-0.25, -0.2) is 9.97 Å². The molecule has 0 aliphatic carbocycles. The van der Waals surface area contributed by atoms with E-state index in [0.29, 0.717) is 18.1 Å². The van der Waals surface area contributed by atoms with Gasteiger partial charge in [0, 0.05) is 35.1 Å². The Morgan fingerprint density at radius 2 is 2.10 bits per heavy atom. The zero-order valence-electron chi connectivity index (χ0n) is 16.6. The number of nitrogens with zero attached hydrogens (tertiary/aromatic N) is 4. The molecule has 1 atom stereocenters. The number of Topliss-reactive ketones (excluding diaryl/α,β-unsaturated/α-hetero) is 1. The van der Waals surface area contributed by atoms with Crippen molar-refractivity contribution in [1.82, 2.24) is 19.1 Å². The molecule has 0 saturated carbocycles. The molecule has 4 aromatic rings. The fraction of sp³-hybridized carbons (Fsp3) is 0.286. The van der Waals surface area contributed by atoms with Crippen LogP contribution in [0.5, 0.6) is 0 Å². The summed E-state index contributed by atoms with van der Waals surface area (Å²) in [5, 5.41) is 15.6. The summed E-state index contributed by atoms with van der Waals surface area (Å²) in [7, 11) is 0. The zero-order chi connectivity index (χ0) is 20.5. The van der Waals surface area contributed by atoms with Crippen LogP contribution < -0.4 is 5.32 Å². The molecule has 0 saturated heterocycles. The summed E-state index contributed by atoms with van der Waals surface area (Å²) in [6.07, 6.45) is 1.24. The van der Waals surface area contributed by atoms with Gasteiger partial charge in [-0.1, -0.05) is 12.1 Å². The Hall–Kier alpha value is -2.97. The molecular weight excluding hydrogens is 386 g/mol. The predicted molar refractivity (Wildman–Crippen MR) is 115 cm³/mol. The van der Waals surface area contributed by atoms with Crippen molar-refractivity contribution >= 4 is 34.1 Å². The van der Waals surface area contributed by atoms with Crippen LogP contribution in [0.2, 0.25) is 0 Å². The van der Waals surface area contributed by atoms with E-state index >= 15 is 0 Å². The molecule has 0 spiro atoms. The van der Waals surface area contributed by atoms with Gasteiger partial charge in [-0.2, -0.15) is 0 Å². The van der Waals surface area contributed by atoms with Crippen molar-refractivity contribution in [3.8, 4) is 5.13 Å². The van der Waals surface area contributed by atoms with Crippen LogP contribution in [-0.2, 0) is 6.54 Å². The first-order valence-corrected chi connectivity index (χ1v) is 10.3. The van der Waals surface area contributed by atoms with Gasteiger partial charge >= 0.3 is 0 Å². The molecule has 29 heavy (non-hydrogen) atoms. The molecule has 0 amide bonds. The van der Waals surface area contributed by atoms with Gasteiger partial charge < -0.3 is 15.0 Å². The number of carbonyl (C=O) groups excluding carboxylic acids is 1. The lowest BCUT2D eigenvalue weighted by atomic mass is 10.1. The second kappa shape index (κ2) is 7.81. The summed E-state index contributed by atoms with van der Waals surface area (Å²) in [6, 6.07) is 9.63. The average Bonchev–Trinajstić information content (AvgIpc) is 3.39. The van der Waals surface area contributed by atoms with Crippen LogP contribution in [0.4, 0.5) is 5.95 Å². The number of fused-ring (bicyclic) bond motifs is 1. The van der Waals surface area contributed by atoms with Gasteiger partial charge in [0.2, 0.25) is 5.95 Å². The van der Waals surface area contributed by atoms with Gasteiger partial charge in [0.25, 0.3) is 0 Å². The molecule has 7 nitrogen and oxygen atoms in total. The monoisotopic (exact) mass is 409 g/mol. The number of benzene rings is 1. The highest BCUT2D eigenvalue weighted by atomic mass is 32.1. The highest BCUT2D eigenvalue weighted by Gasteiger charge is 2.20. The number of imidazole rings is 1. The van der Waals surface area contributed by atoms with Crippen LogP contribution >= 0.6 is 11.3 Å². The lowest BCUT2D eigenvalue weighted by Crippen LogP contribution is -2.20. The second-order valence-corrected chi connectivity index (χ2v) is 7.97. The van der Waals surface area contributed by atoms with Gasteiger partial charge in [-0.3, -0.25) is 9.36 Å². The first-order chi connectivity index (χ1) is 14.0. The number of nitrogens with one attached hydrogen (secondary N) is 1. The molecule has 0 aliphatic rings. The number of aliphatic hydroxyl groups is 1. The fourth-order valence-electron chi connectivity index (χ4n) is 3.50. The van der Waals surface area contributed by atoms with E-state index in [9.17, 15) is 9.90 Å². The summed E-state index contributed by atoms with van der Waals surface area (Å²) < 4.78 is 3.88. The highest BCUT2D eigenvalue weighted by molar-refractivity contribution is 7.12. The quantitative estimate of drug-likeness (QED) is 0.456. The Morgan fingerprint density at radius 3 is 2.83 bits per heavy atom. The van der Waals surface area contributed by atoms with E-state index < -0.39 is 6.10 Å². The summed E-state index contributed by atoms with van der Waals surface area (Å²) in [5.74, 6) is 0.582. The number of aromatic nitrogens is 4. The molecule has 2 N–H and O–H groups in total. The van der Waals surface area contributed by atoms with Crippen molar-refractivity contribution in [1.29, 1.82) is 0 Å². The Bertz CT molecular complexity index is 1160. The third-order valence-electron chi connectivity index (χ3n) is 4.85. The third kappa shape index (κ3) is 3.68. The highest BCUT2D eigenvalue weighted by Crippen LogP contribution is 2.25. The van der Waals surface area contributed by atoms with Crippen molar-refractivity contribution in [2.75, 3.05) is 11.9 Å². The number of aryl methyl sites for hydroxylation is 1.